The van der Waals surface area contributed by atoms with E-state index in [0.29, 0.717) is 12.3 Å². The first kappa shape index (κ1) is 14.2. The molecule has 2 nitrogen and oxygen atoms in total. The van der Waals surface area contributed by atoms with Crippen LogP contribution in [0.15, 0.2) is 42.5 Å². The Labute approximate surface area is 116 Å². The first-order valence-corrected chi connectivity index (χ1v) is 6.22. The summed E-state index contributed by atoms with van der Waals surface area (Å²) in [5, 5.41) is 0. The van der Waals surface area contributed by atoms with Crippen LogP contribution in [0, 0.1) is 11.6 Å². The summed E-state index contributed by atoms with van der Waals surface area (Å²) in [6.07, 6.45) is 3.85. The second-order valence-corrected chi connectivity index (χ2v) is 4.24. The van der Waals surface area contributed by atoms with Crippen LogP contribution in [0.2, 0.25) is 0 Å². The largest absolute Gasteiger partial charge is 0.454 e. The van der Waals surface area contributed by atoms with Gasteiger partial charge in [0.2, 0.25) is 0 Å². The third-order valence-corrected chi connectivity index (χ3v) is 2.80. The predicted molar refractivity (Wildman–Crippen MR) is 75.5 cm³/mol. The van der Waals surface area contributed by atoms with Crippen molar-refractivity contribution >= 4 is 6.08 Å². The van der Waals surface area contributed by atoms with Crippen LogP contribution in [0.4, 0.5) is 8.78 Å². The molecule has 0 aliphatic carbocycles. The smallest absolute Gasteiger partial charge is 0.168 e. The number of allylic oxidation sites excluding steroid dienone is 1. The van der Waals surface area contributed by atoms with Gasteiger partial charge in [0.1, 0.15) is 11.6 Å². The van der Waals surface area contributed by atoms with E-state index in [9.17, 15) is 8.78 Å². The zero-order valence-corrected chi connectivity index (χ0v) is 11.1. The summed E-state index contributed by atoms with van der Waals surface area (Å²) in [5.41, 5.74) is 7.56. The van der Waals surface area contributed by atoms with Gasteiger partial charge in [-0.3, -0.25) is 0 Å². The van der Waals surface area contributed by atoms with Gasteiger partial charge in [-0.05, 0) is 42.3 Å². The number of benzene rings is 2. The lowest BCUT2D eigenvalue weighted by Crippen LogP contribution is -1.99. The fraction of sp³-hybridized carbons (Fsp3) is 0.125. The first-order chi connectivity index (χ1) is 9.63. The topological polar surface area (TPSA) is 35.2 Å². The van der Waals surface area contributed by atoms with Crippen molar-refractivity contribution in [3.63, 3.8) is 0 Å². The zero-order valence-electron chi connectivity index (χ0n) is 11.1. The van der Waals surface area contributed by atoms with Gasteiger partial charge in [0.05, 0.1) is 0 Å². The molecule has 0 unspecified atom stereocenters. The Bertz CT molecular complexity index is 638. The first-order valence-electron chi connectivity index (χ1n) is 6.22. The average Bonchev–Trinajstić information content (AvgIpc) is 2.43. The van der Waals surface area contributed by atoms with E-state index in [-0.39, 0.29) is 5.75 Å². The summed E-state index contributed by atoms with van der Waals surface area (Å²) in [5.74, 6) is -0.935. The summed E-state index contributed by atoms with van der Waals surface area (Å²) in [6.45, 7) is 2.27. The van der Waals surface area contributed by atoms with Gasteiger partial charge >= 0.3 is 0 Å². The molecule has 0 spiro atoms. The van der Waals surface area contributed by atoms with E-state index in [0.717, 1.165) is 23.3 Å². The van der Waals surface area contributed by atoms with Crippen LogP contribution in [0.3, 0.4) is 0 Å². The maximum atomic E-state index is 13.5. The maximum absolute atomic E-state index is 13.5. The Morgan fingerprint density at radius 1 is 1.15 bits per heavy atom. The highest BCUT2D eigenvalue weighted by molar-refractivity contribution is 5.55. The van der Waals surface area contributed by atoms with Gasteiger partial charge in [0.25, 0.3) is 0 Å². The number of ether oxygens (including phenoxy) is 1. The Balaban J connectivity index is 2.29. The minimum Gasteiger partial charge on any atom is -0.454 e. The molecule has 0 fully saturated rings. The Kier molecular flexibility index (Phi) is 4.48. The van der Waals surface area contributed by atoms with Gasteiger partial charge in [-0.2, -0.15) is 0 Å². The molecule has 0 aromatic heterocycles. The van der Waals surface area contributed by atoms with Crippen LogP contribution in [0.25, 0.3) is 6.08 Å². The van der Waals surface area contributed by atoms with Crippen molar-refractivity contribution in [1.82, 2.24) is 0 Å². The fourth-order valence-electron chi connectivity index (χ4n) is 1.85. The van der Waals surface area contributed by atoms with E-state index in [1.165, 1.54) is 6.07 Å². The van der Waals surface area contributed by atoms with Crippen molar-refractivity contribution in [2.45, 2.75) is 13.5 Å². The molecule has 2 rings (SSSR count). The molecule has 20 heavy (non-hydrogen) atoms. The van der Waals surface area contributed by atoms with Crippen molar-refractivity contribution < 1.29 is 13.5 Å². The van der Waals surface area contributed by atoms with Crippen LogP contribution < -0.4 is 10.5 Å². The molecule has 0 radical (unpaired) electrons. The van der Waals surface area contributed by atoms with Crippen molar-refractivity contribution in [2.24, 2.45) is 5.73 Å². The third kappa shape index (κ3) is 3.22. The molecule has 0 atom stereocenters. The maximum Gasteiger partial charge on any atom is 0.168 e. The molecule has 0 aliphatic rings. The fourth-order valence-corrected chi connectivity index (χ4v) is 1.85. The lowest BCUT2D eigenvalue weighted by molar-refractivity contribution is 0.437. The molecule has 0 saturated heterocycles. The number of halogens is 2. The van der Waals surface area contributed by atoms with Crippen LogP contribution in [-0.4, -0.2) is 0 Å². The number of rotatable bonds is 4. The molecule has 104 valence electrons. The predicted octanol–water partition coefficient (Wildman–Crippen LogP) is 4.25. The quantitative estimate of drug-likeness (QED) is 0.905. The molecule has 2 N–H and O–H groups in total. The zero-order chi connectivity index (χ0) is 14.5. The van der Waals surface area contributed by atoms with Gasteiger partial charge in [-0.1, -0.05) is 18.2 Å². The van der Waals surface area contributed by atoms with Crippen molar-refractivity contribution in [3.05, 3.63) is 65.2 Å². The minimum atomic E-state index is -0.739. The average molecular weight is 275 g/mol. The highest BCUT2D eigenvalue weighted by Crippen LogP contribution is 2.27. The van der Waals surface area contributed by atoms with E-state index in [1.54, 1.807) is 12.1 Å². The van der Waals surface area contributed by atoms with E-state index in [1.807, 2.05) is 25.1 Å². The van der Waals surface area contributed by atoms with E-state index in [2.05, 4.69) is 0 Å². The van der Waals surface area contributed by atoms with E-state index in [4.69, 9.17) is 10.5 Å². The van der Waals surface area contributed by atoms with Gasteiger partial charge in [-0.25, -0.2) is 8.78 Å². The molecule has 0 saturated carbocycles. The molecule has 0 heterocycles. The normalized spacial score (nSPS) is 11.0. The molecule has 0 amide bonds. The van der Waals surface area contributed by atoms with E-state index >= 15 is 0 Å². The van der Waals surface area contributed by atoms with Crippen molar-refractivity contribution in [2.75, 3.05) is 0 Å². The van der Waals surface area contributed by atoms with Crippen molar-refractivity contribution in [3.8, 4) is 11.5 Å². The number of hydrogen-bond donors (Lipinski definition) is 1. The van der Waals surface area contributed by atoms with Gasteiger partial charge in [0, 0.05) is 12.6 Å². The Hall–Kier alpha value is -2.20. The van der Waals surface area contributed by atoms with E-state index < -0.39 is 11.6 Å². The summed E-state index contributed by atoms with van der Waals surface area (Å²) < 4.78 is 31.8. The van der Waals surface area contributed by atoms with Gasteiger partial charge in [-0.15, -0.1) is 0 Å². The Morgan fingerprint density at radius 2 is 1.95 bits per heavy atom. The second kappa shape index (κ2) is 6.30. The van der Waals surface area contributed by atoms with Gasteiger partial charge < -0.3 is 10.5 Å². The number of hydrogen-bond acceptors (Lipinski definition) is 2. The summed E-state index contributed by atoms with van der Waals surface area (Å²) in [7, 11) is 0. The van der Waals surface area contributed by atoms with Crippen LogP contribution >= 0.6 is 0 Å². The molecular weight excluding hydrogens is 260 g/mol. The monoisotopic (exact) mass is 275 g/mol. The standard InChI is InChI=1S/C16H15F2NO/c1-2-3-11-4-6-14(8-12(11)10-19)20-16-7-5-13(17)9-15(16)18/h2-9H,10,19H2,1H3/b3-2+. The molecule has 2 aromatic rings. The molecule has 0 aliphatic heterocycles. The second-order valence-electron chi connectivity index (χ2n) is 4.24. The molecule has 0 bridgehead atoms. The highest BCUT2D eigenvalue weighted by atomic mass is 19.1. The Morgan fingerprint density at radius 3 is 2.60 bits per heavy atom. The molecule has 2 aromatic carbocycles. The highest BCUT2D eigenvalue weighted by Gasteiger charge is 2.07. The number of nitrogens with two attached hydrogens (primary N) is 1. The lowest BCUT2D eigenvalue weighted by Gasteiger charge is -2.10. The van der Waals surface area contributed by atoms with Crippen LogP contribution in [0.1, 0.15) is 18.1 Å². The summed E-state index contributed by atoms with van der Waals surface area (Å²) in [4.78, 5) is 0. The third-order valence-electron chi connectivity index (χ3n) is 2.80. The van der Waals surface area contributed by atoms with Crippen LogP contribution in [-0.2, 0) is 6.54 Å². The minimum absolute atomic E-state index is 0.0202. The summed E-state index contributed by atoms with van der Waals surface area (Å²) in [6, 6.07) is 8.50. The van der Waals surface area contributed by atoms with Gasteiger partial charge in [0.15, 0.2) is 11.6 Å². The van der Waals surface area contributed by atoms with Crippen LogP contribution in [0.5, 0.6) is 11.5 Å². The molecular formula is C16H15F2NO. The molecule has 4 heteroatoms. The van der Waals surface area contributed by atoms with Crippen molar-refractivity contribution in [1.29, 1.82) is 0 Å². The SMILES string of the molecule is C/C=C/c1ccc(Oc2ccc(F)cc2F)cc1CN. The summed E-state index contributed by atoms with van der Waals surface area (Å²) >= 11 is 0. The lowest BCUT2D eigenvalue weighted by atomic mass is 10.1.